The Bertz CT molecular complexity index is 1570. The van der Waals surface area contributed by atoms with Crippen molar-refractivity contribution < 1.29 is 38.1 Å². The van der Waals surface area contributed by atoms with Gasteiger partial charge in [-0.3, -0.25) is 9.59 Å². The molecule has 0 spiro atoms. The monoisotopic (exact) mass is 618 g/mol. The summed E-state index contributed by atoms with van der Waals surface area (Å²) in [7, 11) is 4.34. The summed E-state index contributed by atoms with van der Waals surface area (Å²) in [6.45, 7) is 4.11. The molecule has 0 saturated carbocycles. The number of thiophene rings is 1. The maximum atomic E-state index is 14.1. The number of methoxy groups -OCH3 is 3. The average Bonchev–Trinajstić information content (AvgIpc) is 3.57. The van der Waals surface area contributed by atoms with E-state index in [1.165, 1.54) is 32.3 Å². The molecule has 3 heterocycles. The summed E-state index contributed by atoms with van der Waals surface area (Å²) >= 11 is 1.60. The predicted octanol–water partition coefficient (Wildman–Crippen LogP) is 5.46. The first-order valence-electron chi connectivity index (χ1n) is 14.0. The molecule has 10 nitrogen and oxygen atoms in total. The number of rotatable bonds is 10. The summed E-state index contributed by atoms with van der Waals surface area (Å²) in [4.78, 5) is 42.6. The minimum absolute atomic E-state index is 0.0229. The van der Waals surface area contributed by atoms with Crippen molar-refractivity contribution in [2.75, 3.05) is 39.4 Å². The van der Waals surface area contributed by atoms with Crippen molar-refractivity contribution in [3.63, 3.8) is 0 Å². The Morgan fingerprint density at radius 3 is 2.61 bits per heavy atom. The molecule has 0 N–H and O–H groups in total. The molecule has 2 aliphatic rings. The van der Waals surface area contributed by atoms with Gasteiger partial charge in [0.2, 0.25) is 0 Å². The van der Waals surface area contributed by atoms with Crippen molar-refractivity contribution in [2.24, 2.45) is 0 Å². The van der Waals surface area contributed by atoms with Crippen LogP contribution in [0.5, 0.6) is 11.5 Å². The summed E-state index contributed by atoms with van der Waals surface area (Å²) in [5, 5.41) is 4.07. The first kappa shape index (κ1) is 30.8. The Hall–Kier alpha value is -4.61. The third-order valence-corrected chi connectivity index (χ3v) is 8.28. The van der Waals surface area contributed by atoms with Crippen LogP contribution in [0.3, 0.4) is 0 Å². The normalized spacial score (nSPS) is 17.5. The van der Waals surface area contributed by atoms with Crippen LogP contribution in [0.25, 0.3) is 5.57 Å². The molecule has 2 amide bonds. The van der Waals surface area contributed by atoms with Gasteiger partial charge in [0, 0.05) is 19.7 Å². The van der Waals surface area contributed by atoms with Crippen molar-refractivity contribution in [2.45, 2.75) is 31.7 Å². The standard InChI is InChI=1S/C33H34N2O8S/c1-5-12-42-33(38)35-26-18-29(43-19-22-8-6-7-21(14-22)15-30(36)40-3)28(39-2)17-25(26)31(37)34-11-9-23(24-10-13-44-20-24)16-27(34)32(35)41-4/h5-10,13-14,17-18,20,27,32H,1,11-12,15-16,19H2,2-4H3/t27-,32?/m0/s1. The number of nitrogens with zero attached hydrogens (tertiary/aromatic N) is 2. The molecule has 0 saturated heterocycles. The highest BCUT2D eigenvalue weighted by molar-refractivity contribution is 7.08. The number of carbonyl (C=O) groups is 3. The first-order valence-corrected chi connectivity index (χ1v) is 14.9. The van der Waals surface area contributed by atoms with Gasteiger partial charge in [0.15, 0.2) is 17.7 Å². The van der Waals surface area contributed by atoms with Gasteiger partial charge in [0.25, 0.3) is 5.91 Å². The second kappa shape index (κ2) is 13.8. The van der Waals surface area contributed by atoms with E-state index in [0.29, 0.717) is 24.5 Å². The Kier molecular flexibility index (Phi) is 9.66. The molecule has 3 aromatic rings. The second-order valence-electron chi connectivity index (χ2n) is 10.2. The minimum Gasteiger partial charge on any atom is -0.493 e. The SMILES string of the molecule is C=CCOC(=O)N1c2cc(OCc3cccc(CC(=O)OC)c3)c(OC)cc2C(=O)N2CC=C(c3ccsc3)C[C@H]2C1OC. The lowest BCUT2D eigenvalue weighted by Gasteiger charge is -2.40. The molecule has 0 fully saturated rings. The van der Waals surface area contributed by atoms with E-state index in [4.69, 9.17) is 23.7 Å². The van der Waals surface area contributed by atoms with Crippen LogP contribution < -0.4 is 14.4 Å². The molecule has 0 aliphatic carbocycles. The molecule has 0 radical (unpaired) electrons. The minimum atomic E-state index is -0.865. The van der Waals surface area contributed by atoms with E-state index in [0.717, 1.165) is 22.3 Å². The van der Waals surface area contributed by atoms with Crippen LogP contribution in [-0.2, 0) is 32.0 Å². The molecule has 2 aliphatic heterocycles. The summed E-state index contributed by atoms with van der Waals surface area (Å²) in [5.74, 6) is 0.0178. The van der Waals surface area contributed by atoms with E-state index >= 15 is 0 Å². The number of amides is 2. The van der Waals surface area contributed by atoms with Gasteiger partial charge >= 0.3 is 12.1 Å². The lowest BCUT2D eigenvalue weighted by molar-refractivity contribution is -0.139. The zero-order valence-electron chi connectivity index (χ0n) is 24.8. The van der Waals surface area contributed by atoms with E-state index in [1.807, 2.05) is 41.8 Å². The number of hydrogen-bond donors (Lipinski definition) is 0. The molecule has 44 heavy (non-hydrogen) atoms. The Morgan fingerprint density at radius 1 is 1.09 bits per heavy atom. The summed E-state index contributed by atoms with van der Waals surface area (Å²) in [5.41, 5.74) is 4.26. The van der Waals surface area contributed by atoms with Crippen LogP contribution in [0.1, 0.15) is 33.5 Å². The Morgan fingerprint density at radius 2 is 1.91 bits per heavy atom. The highest BCUT2D eigenvalue weighted by atomic mass is 32.1. The highest BCUT2D eigenvalue weighted by Gasteiger charge is 2.45. The second-order valence-corrected chi connectivity index (χ2v) is 11.0. The van der Waals surface area contributed by atoms with E-state index in [1.54, 1.807) is 28.4 Å². The summed E-state index contributed by atoms with van der Waals surface area (Å²) in [6.07, 6.45) is 2.57. The molecule has 230 valence electrons. The zero-order chi connectivity index (χ0) is 31.2. The quantitative estimate of drug-likeness (QED) is 0.218. The number of fused-ring (bicyclic) bond motifs is 2. The van der Waals surface area contributed by atoms with Crippen molar-refractivity contribution in [1.29, 1.82) is 0 Å². The smallest absolute Gasteiger partial charge is 0.416 e. The molecular weight excluding hydrogens is 584 g/mol. The number of carbonyl (C=O) groups excluding carboxylic acids is 3. The fourth-order valence-electron chi connectivity index (χ4n) is 5.48. The van der Waals surface area contributed by atoms with Gasteiger partial charge < -0.3 is 28.6 Å². The van der Waals surface area contributed by atoms with E-state index in [2.05, 4.69) is 12.0 Å². The van der Waals surface area contributed by atoms with Crippen molar-refractivity contribution in [3.8, 4) is 11.5 Å². The topological polar surface area (TPSA) is 104 Å². The van der Waals surface area contributed by atoms with Crippen LogP contribution >= 0.6 is 11.3 Å². The van der Waals surface area contributed by atoms with Gasteiger partial charge in [-0.2, -0.15) is 11.3 Å². The predicted molar refractivity (Wildman–Crippen MR) is 166 cm³/mol. The maximum Gasteiger partial charge on any atom is 0.416 e. The van der Waals surface area contributed by atoms with E-state index in [-0.39, 0.29) is 42.8 Å². The van der Waals surface area contributed by atoms with Crippen LogP contribution in [0.4, 0.5) is 10.5 Å². The maximum absolute atomic E-state index is 14.1. The number of anilines is 1. The van der Waals surface area contributed by atoms with Crippen LogP contribution in [-0.4, -0.2) is 69.6 Å². The number of esters is 1. The lowest BCUT2D eigenvalue weighted by atomic mass is 9.94. The first-order chi connectivity index (χ1) is 21.4. The highest BCUT2D eigenvalue weighted by Crippen LogP contribution is 2.42. The van der Waals surface area contributed by atoms with Crippen LogP contribution in [0.2, 0.25) is 0 Å². The number of benzene rings is 2. The average molecular weight is 619 g/mol. The summed E-state index contributed by atoms with van der Waals surface area (Å²) < 4.78 is 28.1. The van der Waals surface area contributed by atoms with Gasteiger partial charge in [0.05, 0.1) is 37.9 Å². The van der Waals surface area contributed by atoms with Crippen molar-refractivity contribution in [1.82, 2.24) is 4.90 Å². The zero-order valence-corrected chi connectivity index (χ0v) is 25.6. The molecule has 11 heteroatoms. The third kappa shape index (κ3) is 6.34. The number of hydrogen-bond acceptors (Lipinski definition) is 9. The molecule has 1 unspecified atom stereocenters. The Balaban J connectivity index is 1.53. The fourth-order valence-corrected chi connectivity index (χ4v) is 6.16. The van der Waals surface area contributed by atoms with E-state index in [9.17, 15) is 14.4 Å². The van der Waals surface area contributed by atoms with Gasteiger partial charge in [0.1, 0.15) is 13.2 Å². The number of ether oxygens (including phenoxy) is 5. The largest absolute Gasteiger partial charge is 0.493 e. The molecule has 2 atom stereocenters. The Labute approximate surface area is 260 Å². The van der Waals surface area contributed by atoms with E-state index < -0.39 is 18.4 Å². The molecule has 2 aromatic carbocycles. The van der Waals surface area contributed by atoms with Crippen molar-refractivity contribution >= 4 is 40.6 Å². The molecule has 5 rings (SSSR count). The molecular formula is C33H34N2O8S. The lowest BCUT2D eigenvalue weighted by Crippen LogP contribution is -2.55. The van der Waals surface area contributed by atoms with Gasteiger partial charge in [-0.05, 0) is 51.6 Å². The summed E-state index contributed by atoms with van der Waals surface area (Å²) in [6, 6.07) is 12.1. The molecule has 0 bridgehead atoms. The van der Waals surface area contributed by atoms with Gasteiger partial charge in [-0.15, -0.1) is 0 Å². The van der Waals surface area contributed by atoms with Gasteiger partial charge in [-0.25, -0.2) is 9.69 Å². The molecule has 1 aromatic heterocycles. The van der Waals surface area contributed by atoms with Crippen LogP contribution in [0, 0.1) is 0 Å². The van der Waals surface area contributed by atoms with Crippen molar-refractivity contribution in [3.05, 3.63) is 94.2 Å². The van der Waals surface area contributed by atoms with Crippen LogP contribution in [0.15, 0.2) is 72.0 Å². The fraction of sp³-hybridized carbons (Fsp3) is 0.303. The third-order valence-electron chi connectivity index (χ3n) is 7.60. The van der Waals surface area contributed by atoms with Gasteiger partial charge in [-0.1, -0.05) is 43.0 Å².